The highest BCUT2D eigenvalue weighted by Gasteiger charge is 2.35. The number of nitrogens with zero attached hydrogens (tertiary/aromatic N) is 2. The fraction of sp³-hybridized carbons (Fsp3) is 0.429. The van der Waals surface area contributed by atoms with Crippen LogP contribution in [-0.4, -0.2) is 17.6 Å². The molecule has 1 saturated carbocycles. The topological polar surface area (TPSA) is 74.8 Å². The predicted octanol–water partition coefficient (Wildman–Crippen LogP) is 2.17. The van der Waals surface area contributed by atoms with Crippen LogP contribution >= 0.6 is 0 Å². The molecule has 0 radical (unpaired) electrons. The van der Waals surface area contributed by atoms with E-state index in [4.69, 9.17) is 5.73 Å². The zero-order chi connectivity index (χ0) is 14.0. The van der Waals surface area contributed by atoms with Gasteiger partial charge >= 0.3 is 0 Å². The predicted molar refractivity (Wildman–Crippen MR) is 78.0 cm³/mol. The quantitative estimate of drug-likeness (QED) is 0.735. The third kappa shape index (κ3) is 2.74. The molecule has 106 valence electrons. The number of aliphatic imine (C=N–C) groups is 2. The molecule has 1 aliphatic carbocycles. The number of rotatable bonds is 1. The average Bonchev–Trinajstić information content (AvgIpc) is 2.38. The van der Waals surface area contributed by atoms with E-state index >= 15 is 0 Å². The first kappa shape index (κ1) is 12.9. The summed E-state index contributed by atoms with van der Waals surface area (Å²) in [5.41, 5.74) is 6.11. The van der Waals surface area contributed by atoms with E-state index in [1.165, 1.54) is 18.6 Å². The van der Waals surface area contributed by atoms with Crippen molar-refractivity contribution < 1.29 is 4.39 Å². The summed E-state index contributed by atoms with van der Waals surface area (Å²) in [5.74, 6) is 0.509. The van der Waals surface area contributed by atoms with E-state index in [9.17, 15) is 4.39 Å². The maximum absolute atomic E-state index is 13.2. The second-order valence-electron chi connectivity index (χ2n) is 5.28. The molecule has 20 heavy (non-hydrogen) atoms. The molecule has 1 aromatic carbocycles. The number of nitrogens with one attached hydrogen (secondary N) is 2. The Morgan fingerprint density at radius 1 is 1.25 bits per heavy atom. The smallest absolute Gasteiger partial charge is 0.220 e. The molecule has 2 aliphatic rings. The standard InChI is InChI=1S/C14H18FN5/c15-10-5-4-6-11(9-10)17-13-18-12(16)19-14(20-13)7-2-1-3-8-14/h4-6,9H,1-3,7-8H2,(H4,16,17,18,19,20). The molecule has 0 bridgehead atoms. The van der Waals surface area contributed by atoms with Gasteiger partial charge < -0.3 is 16.4 Å². The Morgan fingerprint density at radius 2 is 2.05 bits per heavy atom. The lowest BCUT2D eigenvalue weighted by atomic mass is 9.89. The largest absolute Gasteiger partial charge is 0.368 e. The van der Waals surface area contributed by atoms with Gasteiger partial charge in [0.05, 0.1) is 0 Å². The van der Waals surface area contributed by atoms with Gasteiger partial charge in [0.2, 0.25) is 11.9 Å². The monoisotopic (exact) mass is 275 g/mol. The molecule has 1 aromatic rings. The molecule has 6 heteroatoms. The Labute approximate surface area is 117 Å². The van der Waals surface area contributed by atoms with Crippen molar-refractivity contribution in [2.45, 2.75) is 37.8 Å². The molecule has 0 amide bonds. The van der Waals surface area contributed by atoms with Crippen LogP contribution in [0.25, 0.3) is 0 Å². The minimum Gasteiger partial charge on any atom is -0.368 e. The maximum atomic E-state index is 13.2. The van der Waals surface area contributed by atoms with Gasteiger partial charge in [-0.25, -0.2) is 9.38 Å². The van der Waals surface area contributed by atoms with Crippen LogP contribution in [0.5, 0.6) is 0 Å². The first-order chi connectivity index (χ1) is 9.65. The lowest BCUT2D eigenvalue weighted by Gasteiger charge is -2.37. The fourth-order valence-electron chi connectivity index (χ4n) is 2.77. The fourth-order valence-corrected chi connectivity index (χ4v) is 2.77. The van der Waals surface area contributed by atoms with E-state index in [0.29, 0.717) is 11.6 Å². The molecule has 0 saturated heterocycles. The van der Waals surface area contributed by atoms with E-state index in [0.717, 1.165) is 25.7 Å². The van der Waals surface area contributed by atoms with Crippen molar-refractivity contribution in [3.8, 4) is 0 Å². The first-order valence-electron chi connectivity index (χ1n) is 6.90. The van der Waals surface area contributed by atoms with Gasteiger partial charge in [0, 0.05) is 5.69 Å². The Bertz CT molecular complexity index is 560. The second-order valence-corrected chi connectivity index (χ2v) is 5.28. The van der Waals surface area contributed by atoms with Crippen LogP contribution in [0.3, 0.4) is 0 Å². The van der Waals surface area contributed by atoms with Crippen LogP contribution < -0.4 is 16.4 Å². The van der Waals surface area contributed by atoms with Gasteiger partial charge in [-0.2, -0.15) is 4.99 Å². The highest BCUT2D eigenvalue weighted by Crippen LogP contribution is 2.30. The average molecular weight is 275 g/mol. The normalized spacial score (nSPS) is 20.9. The number of anilines is 1. The lowest BCUT2D eigenvalue weighted by molar-refractivity contribution is 0.274. The van der Waals surface area contributed by atoms with Crippen LogP contribution in [0, 0.1) is 5.82 Å². The molecule has 0 atom stereocenters. The minimum absolute atomic E-state index is 0.268. The van der Waals surface area contributed by atoms with Crippen LogP contribution in [0.2, 0.25) is 0 Å². The van der Waals surface area contributed by atoms with E-state index < -0.39 is 0 Å². The van der Waals surface area contributed by atoms with Crippen molar-refractivity contribution in [3.05, 3.63) is 30.1 Å². The number of guanidine groups is 2. The van der Waals surface area contributed by atoms with Crippen molar-refractivity contribution in [1.82, 2.24) is 5.32 Å². The summed E-state index contributed by atoms with van der Waals surface area (Å²) in [5, 5.41) is 6.38. The molecular weight excluding hydrogens is 257 g/mol. The van der Waals surface area contributed by atoms with Crippen LogP contribution in [0.15, 0.2) is 34.3 Å². The van der Waals surface area contributed by atoms with Crippen LogP contribution in [-0.2, 0) is 0 Å². The molecule has 5 nitrogen and oxygen atoms in total. The first-order valence-corrected chi connectivity index (χ1v) is 6.90. The maximum Gasteiger partial charge on any atom is 0.220 e. The van der Waals surface area contributed by atoms with Gasteiger partial charge in [0.15, 0.2) is 0 Å². The highest BCUT2D eigenvalue weighted by molar-refractivity contribution is 6.03. The molecule has 4 N–H and O–H groups in total. The molecule has 1 heterocycles. The van der Waals surface area contributed by atoms with E-state index in [1.54, 1.807) is 12.1 Å². The van der Waals surface area contributed by atoms with Crippen molar-refractivity contribution in [2.75, 3.05) is 5.32 Å². The van der Waals surface area contributed by atoms with Crippen molar-refractivity contribution in [2.24, 2.45) is 15.7 Å². The molecular formula is C14H18FN5. The Balaban J connectivity index is 1.78. The zero-order valence-corrected chi connectivity index (χ0v) is 11.2. The van der Waals surface area contributed by atoms with Crippen LogP contribution in [0.1, 0.15) is 32.1 Å². The zero-order valence-electron chi connectivity index (χ0n) is 11.2. The number of hydrogen-bond acceptors (Lipinski definition) is 5. The SMILES string of the molecule is NC1=NC2(CCCCC2)NC(Nc2cccc(F)c2)=N1. The third-order valence-corrected chi connectivity index (χ3v) is 3.67. The second kappa shape index (κ2) is 5.11. The van der Waals surface area contributed by atoms with Gasteiger partial charge in [0.25, 0.3) is 0 Å². The van der Waals surface area contributed by atoms with Gasteiger partial charge in [0.1, 0.15) is 11.5 Å². The summed E-state index contributed by atoms with van der Waals surface area (Å²) in [7, 11) is 0. The van der Waals surface area contributed by atoms with Gasteiger partial charge in [-0.1, -0.05) is 12.5 Å². The summed E-state index contributed by atoms with van der Waals surface area (Å²) in [6.45, 7) is 0. The lowest BCUT2D eigenvalue weighted by Crippen LogP contribution is -2.54. The van der Waals surface area contributed by atoms with E-state index in [2.05, 4.69) is 20.6 Å². The van der Waals surface area contributed by atoms with Gasteiger partial charge in [-0.05, 0) is 43.9 Å². The third-order valence-electron chi connectivity index (χ3n) is 3.67. The molecule has 3 rings (SSSR count). The number of benzene rings is 1. The van der Waals surface area contributed by atoms with Crippen molar-refractivity contribution >= 4 is 17.6 Å². The molecule has 1 spiro atoms. The van der Waals surface area contributed by atoms with E-state index in [-0.39, 0.29) is 17.4 Å². The summed E-state index contributed by atoms with van der Waals surface area (Å²) in [6, 6.07) is 6.25. The Morgan fingerprint density at radius 3 is 2.80 bits per heavy atom. The molecule has 1 fully saturated rings. The van der Waals surface area contributed by atoms with Gasteiger partial charge in [-0.15, -0.1) is 0 Å². The minimum atomic E-state index is -0.347. The summed E-state index contributed by atoms with van der Waals surface area (Å²) < 4.78 is 13.2. The number of halogens is 1. The van der Waals surface area contributed by atoms with Crippen molar-refractivity contribution in [1.29, 1.82) is 0 Å². The molecule has 0 unspecified atom stereocenters. The van der Waals surface area contributed by atoms with E-state index in [1.807, 2.05) is 0 Å². The molecule has 0 aromatic heterocycles. The summed E-state index contributed by atoms with van der Waals surface area (Å²) in [4.78, 5) is 8.62. The summed E-state index contributed by atoms with van der Waals surface area (Å²) >= 11 is 0. The Kier molecular flexibility index (Phi) is 3.30. The number of hydrogen-bond donors (Lipinski definition) is 3. The summed E-state index contributed by atoms with van der Waals surface area (Å²) in [6.07, 6.45) is 5.35. The van der Waals surface area contributed by atoms with Crippen molar-refractivity contribution in [3.63, 3.8) is 0 Å². The van der Waals surface area contributed by atoms with Gasteiger partial charge in [-0.3, -0.25) is 0 Å². The number of nitrogens with two attached hydrogens (primary N) is 1. The Hall–Kier alpha value is -2.11. The van der Waals surface area contributed by atoms with Crippen LogP contribution in [0.4, 0.5) is 10.1 Å². The molecule has 1 aliphatic heterocycles. The highest BCUT2D eigenvalue weighted by atomic mass is 19.1.